The van der Waals surface area contributed by atoms with Gasteiger partial charge in [0.15, 0.2) is 0 Å². The summed E-state index contributed by atoms with van der Waals surface area (Å²) in [6.45, 7) is 1.50. The van der Waals surface area contributed by atoms with Gasteiger partial charge in [0.25, 0.3) is 0 Å². The van der Waals surface area contributed by atoms with E-state index in [2.05, 4.69) is 24.3 Å². The molecule has 0 aliphatic carbocycles. The van der Waals surface area contributed by atoms with Crippen LogP contribution in [0, 0.1) is 11.8 Å². The predicted molar refractivity (Wildman–Crippen MR) is 109 cm³/mol. The fourth-order valence-electron chi connectivity index (χ4n) is 4.46. The zero-order valence-corrected chi connectivity index (χ0v) is 16.9. The Bertz CT molecular complexity index is 565. The van der Waals surface area contributed by atoms with E-state index < -0.39 is 5.97 Å². The zero-order chi connectivity index (χ0) is 18.9. The van der Waals surface area contributed by atoms with Gasteiger partial charge in [-0.25, -0.2) is 0 Å². The van der Waals surface area contributed by atoms with Crippen molar-refractivity contribution in [1.82, 2.24) is 0 Å². The Morgan fingerprint density at radius 2 is 1.81 bits per heavy atom. The maximum absolute atomic E-state index is 10.5. The molecule has 4 nitrogen and oxygen atoms in total. The lowest BCUT2D eigenvalue weighted by Crippen LogP contribution is -2.28. The van der Waals surface area contributed by atoms with Gasteiger partial charge < -0.3 is 14.6 Å². The minimum atomic E-state index is -0.684. The Morgan fingerprint density at radius 1 is 1.07 bits per heavy atom. The monoisotopic (exact) mass is 392 g/mol. The third kappa shape index (κ3) is 6.51. The number of rotatable bonds is 13. The van der Waals surface area contributed by atoms with Gasteiger partial charge >= 0.3 is 5.97 Å². The van der Waals surface area contributed by atoms with Crippen molar-refractivity contribution in [2.45, 2.75) is 63.8 Å². The van der Waals surface area contributed by atoms with Gasteiger partial charge in [0.05, 0.1) is 18.8 Å². The summed E-state index contributed by atoms with van der Waals surface area (Å²) in [5, 5.41) is 8.67. The Balaban J connectivity index is 1.32. The molecule has 150 valence electrons. The molecule has 0 radical (unpaired) electrons. The molecular weight excluding hydrogens is 360 g/mol. The number of ether oxygens (including phenoxy) is 2. The molecule has 0 saturated carbocycles. The molecule has 1 aromatic rings. The summed E-state index contributed by atoms with van der Waals surface area (Å²) in [5.74, 6) is 2.87. The summed E-state index contributed by atoms with van der Waals surface area (Å²) in [7, 11) is 0. The highest BCUT2D eigenvalue weighted by atomic mass is 32.2. The van der Waals surface area contributed by atoms with E-state index in [1.807, 2.05) is 17.8 Å². The molecule has 2 aliphatic heterocycles. The highest BCUT2D eigenvalue weighted by Crippen LogP contribution is 2.46. The standard InChI is InChI=1S/C22H32O4S/c23-22(24)8-4-5-14-27-15-12-19-18(20-9-10-21(19)26-20)11-13-25-16-17-6-2-1-3-7-17/h1-3,6-7,18-21H,4-5,8-16H2,(H,23,24)/t18-,19+,20-,21+/m0/s1. The average Bonchev–Trinajstić information content (AvgIpc) is 3.27. The number of hydrogen-bond donors (Lipinski definition) is 1. The minimum Gasteiger partial charge on any atom is -0.481 e. The first-order valence-electron chi connectivity index (χ1n) is 10.3. The minimum absolute atomic E-state index is 0.297. The van der Waals surface area contributed by atoms with Crippen molar-refractivity contribution in [2.24, 2.45) is 11.8 Å². The van der Waals surface area contributed by atoms with Gasteiger partial charge in [0, 0.05) is 13.0 Å². The molecule has 3 rings (SSSR count). The Hall–Kier alpha value is -1.04. The quantitative estimate of drug-likeness (QED) is 0.490. The summed E-state index contributed by atoms with van der Waals surface area (Å²) in [5.41, 5.74) is 1.23. The van der Waals surface area contributed by atoms with Gasteiger partial charge in [-0.15, -0.1) is 0 Å². The smallest absolute Gasteiger partial charge is 0.303 e. The lowest BCUT2D eigenvalue weighted by molar-refractivity contribution is -0.137. The van der Waals surface area contributed by atoms with Crippen LogP contribution in [0.25, 0.3) is 0 Å². The molecule has 0 spiro atoms. The molecule has 27 heavy (non-hydrogen) atoms. The van der Waals surface area contributed by atoms with Crippen LogP contribution in [0.3, 0.4) is 0 Å². The van der Waals surface area contributed by atoms with Crippen LogP contribution in [0.1, 0.15) is 50.5 Å². The number of aliphatic carboxylic acids is 1. The van der Waals surface area contributed by atoms with E-state index in [0.717, 1.165) is 37.4 Å². The number of unbranched alkanes of at least 4 members (excludes halogenated alkanes) is 1. The predicted octanol–water partition coefficient (Wildman–Crippen LogP) is 4.77. The largest absolute Gasteiger partial charge is 0.481 e. The van der Waals surface area contributed by atoms with Crippen LogP contribution in [0.15, 0.2) is 30.3 Å². The van der Waals surface area contributed by atoms with Gasteiger partial charge in [-0.1, -0.05) is 30.3 Å². The second-order valence-corrected chi connectivity index (χ2v) is 8.92. The molecule has 0 unspecified atom stereocenters. The van der Waals surface area contributed by atoms with Gasteiger partial charge in [-0.2, -0.15) is 11.8 Å². The number of carbonyl (C=O) groups is 1. The Kier molecular flexibility index (Phi) is 8.49. The Labute approximate surface area is 167 Å². The third-order valence-corrected chi connectivity index (χ3v) is 6.92. The lowest BCUT2D eigenvalue weighted by atomic mass is 9.76. The maximum Gasteiger partial charge on any atom is 0.303 e. The van der Waals surface area contributed by atoms with Crippen LogP contribution in [0.4, 0.5) is 0 Å². The van der Waals surface area contributed by atoms with Gasteiger partial charge in [-0.05, 0) is 67.4 Å². The molecule has 5 heteroatoms. The first-order valence-corrected chi connectivity index (χ1v) is 11.5. The third-order valence-electron chi connectivity index (χ3n) is 5.82. The topological polar surface area (TPSA) is 55.8 Å². The summed E-state index contributed by atoms with van der Waals surface area (Å²) in [4.78, 5) is 10.5. The molecular formula is C22H32O4S. The first kappa shape index (κ1) is 20.7. The molecule has 4 atom stereocenters. The van der Waals surface area contributed by atoms with E-state index in [9.17, 15) is 4.79 Å². The summed E-state index contributed by atoms with van der Waals surface area (Å²) in [6.07, 6.45) is 7.75. The van der Waals surface area contributed by atoms with E-state index >= 15 is 0 Å². The van der Waals surface area contributed by atoms with Gasteiger partial charge in [0.2, 0.25) is 0 Å². The summed E-state index contributed by atoms with van der Waals surface area (Å²) in [6, 6.07) is 10.4. The molecule has 2 bridgehead atoms. The van der Waals surface area contributed by atoms with Crippen LogP contribution < -0.4 is 0 Å². The lowest BCUT2D eigenvalue weighted by Gasteiger charge is -2.28. The molecule has 2 heterocycles. The van der Waals surface area contributed by atoms with Crippen molar-refractivity contribution in [2.75, 3.05) is 18.1 Å². The molecule has 2 aliphatic rings. The van der Waals surface area contributed by atoms with E-state index in [4.69, 9.17) is 14.6 Å². The Morgan fingerprint density at radius 3 is 2.56 bits per heavy atom. The number of carboxylic acid groups (broad SMARTS) is 1. The van der Waals surface area contributed by atoms with Crippen molar-refractivity contribution < 1.29 is 19.4 Å². The van der Waals surface area contributed by atoms with E-state index in [-0.39, 0.29) is 0 Å². The molecule has 1 N–H and O–H groups in total. The fourth-order valence-corrected chi connectivity index (χ4v) is 5.51. The first-order chi connectivity index (χ1) is 13.2. The van der Waals surface area contributed by atoms with Crippen molar-refractivity contribution in [3.63, 3.8) is 0 Å². The van der Waals surface area contributed by atoms with Crippen LogP contribution in [0.5, 0.6) is 0 Å². The van der Waals surface area contributed by atoms with Gasteiger partial charge in [-0.3, -0.25) is 4.79 Å². The van der Waals surface area contributed by atoms with Crippen molar-refractivity contribution in [3.05, 3.63) is 35.9 Å². The molecule has 0 aromatic heterocycles. The fraction of sp³-hybridized carbons (Fsp3) is 0.682. The van der Waals surface area contributed by atoms with Crippen LogP contribution in [0.2, 0.25) is 0 Å². The molecule has 2 fully saturated rings. The second kappa shape index (κ2) is 11.1. The highest BCUT2D eigenvalue weighted by Gasteiger charge is 2.47. The normalized spacial score (nSPS) is 26.5. The second-order valence-electron chi connectivity index (χ2n) is 7.70. The highest BCUT2D eigenvalue weighted by molar-refractivity contribution is 7.99. The number of benzene rings is 1. The summed E-state index contributed by atoms with van der Waals surface area (Å²) < 4.78 is 12.1. The zero-order valence-electron chi connectivity index (χ0n) is 16.1. The van der Waals surface area contributed by atoms with Crippen molar-refractivity contribution in [1.29, 1.82) is 0 Å². The van der Waals surface area contributed by atoms with Crippen molar-refractivity contribution in [3.8, 4) is 0 Å². The van der Waals surface area contributed by atoms with E-state index in [0.29, 0.717) is 37.1 Å². The molecule has 2 saturated heterocycles. The summed E-state index contributed by atoms with van der Waals surface area (Å²) >= 11 is 1.97. The van der Waals surface area contributed by atoms with E-state index in [1.54, 1.807) is 0 Å². The van der Waals surface area contributed by atoms with Crippen LogP contribution in [-0.2, 0) is 20.9 Å². The van der Waals surface area contributed by atoms with Crippen molar-refractivity contribution >= 4 is 17.7 Å². The molecule has 1 aromatic carbocycles. The van der Waals surface area contributed by atoms with Crippen LogP contribution >= 0.6 is 11.8 Å². The maximum atomic E-state index is 10.5. The van der Waals surface area contributed by atoms with E-state index in [1.165, 1.54) is 24.8 Å². The van der Waals surface area contributed by atoms with Gasteiger partial charge in [0.1, 0.15) is 0 Å². The number of carboxylic acids is 1. The SMILES string of the molecule is O=C(O)CCCCSCC[C@@H]1[C@H](CCOCc2ccccc2)[C@@H]2CC[C@H]1O2. The number of thioether (sulfide) groups is 1. The number of fused-ring (bicyclic) bond motifs is 2. The average molecular weight is 393 g/mol. The number of hydrogen-bond acceptors (Lipinski definition) is 4. The van der Waals surface area contributed by atoms with Crippen LogP contribution in [-0.4, -0.2) is 41.4 Å². The molecule has 0 amide bonds.